The molecule has 1 fully saturated rings. The van der Waals surface area contributed by atoms with Crippen LogP contribution in [0.15, 0.2) is 28.7 Å². The molecule has 0 saturated carbocycles. The lowest BCUT2D eigenvalue weighted by molar-refractivity contribution is 0.104. The Labute approximate surface area is 97.1 Å². The molecule has 1 saturated heterocycles. The molecule has 0 aromatic heterocycles. The normalized spacial score (nSPS) is 24.1. The molecule has 82 valence electrons. The van der Waals surface area contributed by atoms with Crippen LogP contribution in [0.3, 0.4) is 0 Å². The van der Waals surface area contributed by atoms with Gasteiger partial charge in [-0.25, -0.2) is 0 Å². The molecule has 1 aliphatic heterocycles. The minimum absolute atomic E-state index is 0.00471. The second-order valence-electron chi connectivity index (χ2n) is 3.54. The summed E-state index contributed by atoms with van der Waals surface area (Å²) in [5.74, 6) is 0. The van der Waals surface area contributed by atoms with Gasteiger partial charge >= 0.3 is 0 Å². The average Bonchev–Trinajstić information content (AvgIpc) is 3.00. The van der Waals surface area contributed by atoms with Crippen molar-refractivity contribution in [3.05, 3.63) is 34.3 Å². The minimum atomic E-state index is -0.00471. The van der Waals surface area contributed by atoms with Gasteiger partial charge in [-0.1, -0.05) is 28.1 Å². The Hall–Kier alpha value is -0.420. The number of benzene rings is 1. The van der Waals surface area contributed by atoms with Crippen LogP contribution in [0, 0.1) is 0 Å². The van der Waals surface area contributed by atoms with Crippen LogP contribution in [0.4, 0.5) is 0 Å². The molecule has 4 heteroatoms. The Morgan fingerprint density at radius 2 is 2.00 bits per heavy atom. The van der Waals surface area contributed by atoms with Gasteiger partial charge in [-0.2, -0.15) is 0 Å². The number of halogens is 1. The topological polar surface area (TPSA) is 42.0 Å². The van der Waals surface area contributed by atoms with Crippen molar-refractivity contribution in [1.29, 1.82) is 0 Å². The molecule has 0 aliphatic carbocycles. The summed E-state index contributed by atoms with van der Waals surface area (Å²) in [5.41, 5.74) is 1.14. The van der Waals surface area contributed by atoms with Crippen molar-refractivity contribution in [1.82, 2.24) is 0 Å². The van der Waals surface area contributed by atoms with E-state index in [1.54, 1.807) is 0 Å². The van der Waals surface area contributed by atoms with Crippen LogP contribution in [0.1, 0.15) is 5.56 Å². The van der Waals surface area contributed by atoms with E-state index in [9.17, 15) is 0 Å². The second-order valence-corrected chi connectivity index (χ2v) is 4.45. The highest BCUT2D eigenvalue weighted by Gasteiger charge is 2.37. The highest BCUT2D eigenvalue weighted by Crippen LogP contribution is 2.21. The van der Waals surface area contributed by atoms with Crippen LogP contribution in [0.25, 0.3) is 0 Å². The van der Waals surface area contributed by atoms with Gasteiger partial charge in [0.15, 0.2) is 0 Å². The first-order valence-electron chi connectivity index (χ1n) is 4.88. The Bertz CT molecular complexity index is 312. The van der Waals surface area contributed by atoms with Crippen LogP contribution in [-0.4, -0.2) is 30.5 Å². The SMILES string of the molecule is OC[C@H]1O[C@H]1COCc1ccc(Br)cc1. The van der Waals surface area contributed by atoms with Crippen LogP contribution in [0.5, 0.6) is 0 Å². The van der Waals surface area contributed by atoms with Gasteiger partial charge < -0.3 is 14.6 Å². The van der Waals surface area contributed by atoms with Crippen molar-refractivity contribution in [2.24, 2.45) is 0 Å². The quantitative estimate of drug-likeness (QED) is 0.831. The first-order valence-corrected chi connectivity index (χ1v) is 5.67. The van der Waals surface area contributed by atoms with E-state index in [-0.39, 0.29) is 18.8 Å². The van der Waals surface area contributed by atoms with Crippen LogP contribution < -0.4 is 0 Å². The largest absolute Gasteiger partial charge is 0.394 e. The third kappa shape index (κ3) is 3.28. The summed E-state index contributed by atoms with van der Waals surface area (Å²) < 4.78 is 11.7. The average molecular weight is 273 g/mol. The molecule has 3 nitrogen and oxygen atoms in total. The molecular formula is C11H13BrO3. The number of hydrogen-bond acceptors (Lipinski definition) is 3. The van der Waals surface area contributed by atoms with E-state index < -0.39 is 0 Å². The van der Waals surface area contributed by atoms with Crippen molar-refractivity contribution in [2.75, 3.05) is 13.2 Å². The molecule has 0 amide bonds. The molecule has 1 N–H and O–H groups in total. The van der Waals surface area contributed by atoms with Gasteiger partial charge in [-0.15, -0.1) is 0 Å². The summed E-state index contributed by atoms with van der Waals surface area (Å²) in [7, 11) is 0. The van der Waals surface area contributed by atoms with E-state index in [1.807, 2.05) is 24.3 Å². The molecule has 0 bridgehead atoms. The number of epoxide rings is 1. The Kier molecular flexibility index (Phi) is 3.75. The van der Waals surface area contributed by atoms with Gasteiger partial charge in [0.25, 0.3) is 0 Å². The van der Waals surface area contributed by atoms with Crippen molar-refractivity contribution in [2.45, 2.75) is 18.8 Å². The van der Waals surface area contributed by atoms with E-state index in [1.165, 1.54) is 0 Å². The fourth-order valence-electron chi connectivity index (χ4n) is 1.36. The summed E-state index contributed by atoms with van der Waals surface area (Å²) in [5, 5.41) is 8.74. The molecule has 1 heterocycles. The van der Waals surface area contributed by atoms with E-state index in [2.05, 4.69) is 15.9 Å². The Morgan fingerprint density at radius 3 is 2.60 bits per heavy atom. The van der Waals surface area contributed by atoms with Crippen LogP contribution in [-0.2, 0) is 16.1 Å². The van der Waals surface area contributed by atoms with Gasteiger partial charge in [0.05, 0.1) is 19.8 Å². The molecule has 0 spiro atoms. The summed E-state index contributed by atoms with van der Waals surface area (Å²) in [6, 6.07) is 8.01. The zero-order chi connectivity index (χ0) is 10.7. The molecule has 2 rings (SSSR count). The maximum atomic E-state index is 8.74. The maximum absolute atomic E-state index is 8.74. The smallest absolute Gasteiger partial charge is 0.110 e. The molecule has 0 unspecified atom stereocenters. The van der Waals surface area contributed by atoms with Crippen LogP contribution >= 0.6 is 15.9 Å². The molecular weight excluding hydrogens is 260 g/mol. The predicted molar refractivity (Wildman–Crippen MR) is 59.5 cm³/mol. The van der Waals surface area contributed by atoms with Gasteiger partial charge in [0.1, 0.15) is 12.2 Å². The highest BCUT2D eigenvalue weighted by atomic mass is 79.9. The molecule has 0 radical (unpaired) electrons. The third-order valence-corrected chi connectivity index (χ3v) is 2.86. The second kappa shape index (κ2) is 5.07. The van der Waals surface area contributed by atoms with Crippen molar-refractivity contribution in [3.63, 3.8) is 0 Å². The fraction of sp³-hybridized carbons (Fsp3) is 0.455. The summed E-state index contributed by atoms with van der Waals surface area (Å²) in [6.45, 7) is 1.24. The third-order valence-electron chi connectivity index (χ3n) is 2.33. The molecule has 2 atom stereocenters. The molecule has 15 heavy (non-hydrogen) atoms. The Balaban J connectivity index is 1.68. The number of hydrogen-bond donors (Lipinski definition) is 1. The lowest BCUT2D eigenvalue weighted by Gasteiger charge is -2.02. The fourth-order valence-corrected chi connectivity index (χ4v) is 1.62. The Morgan fingerprint density at radius 1 is 1.27 bits per heavy atom. The van der Waals surface area contributed by atoms with E-state index in [0.717, 1.165) is 10.0 Å². The van der Waals surface area contributed by atoms with E-state index in [4.69, 9.17) is 14.6 Å². The molecule has 1 aliphatic rings. The first-order chi connectivity index (χ1) is 7.29. The van der Waals surface area contributed by atoms with Crippen LogP contribution in [0.2, 0.25) is 0 Å². The van der Waals surface area contributed by atoms with E-state index in [0.29, 0.717) is 13.2 Å². The molecule has 1 aromatic rings. The minimum Gasteiger partial charge on any atom is -0.394 e. The van der Waals surface area contributed by atoms with Gasteiger partial charge in [0, 0.05) is 4.47 Å². The molecule has 1 aromatic carbocycles. The maximum Gasteiger partial charge on any atom is 0.110 e. The lowest BCUT2D eigenvalue weighted by Crippen LogP contribution is -2.07. The van der Waals surface area contributed by atoms with E-state index >= 15 is 0 Å². The highest BCUT2D eigenvalue weighted by molar-refractivity contribution is 9.10. The lowest BCUT2D eigenvalue weighted by atomic mass is 10.2. The number of ether oxygens (including phenoxy) is 2. The monoisotopic (exact) mass is 272 g/mol. The zero-order valence-corrected chi connectivity index (χ0v) is 9.81. The van der Waals surface area contributed by atoms with Gasteiger partial charge in [-0.05, 0) is 17.7 Å². The number of aliphatic hydroxyl groups is 1. The van der Waals surface area contributed by atoms with Crippen molar-refractivity contribution >= 4 is 15.9 Å². The zero-order valence-electron chi connectivity index (χ0n) is 8.23. The first kappa shape index (κ1) is 11.1. The summed E-state index contributed by atoms with van der Waals surface area (Å²) >= 11 is 3.38. The van der Waals surface area contributed by atoms with Crippen molar-refractivity contribution < 1.29 is 14.6 Å². The summed E-state index contributed by atoms with van der Waals surface area (Å²) in [6.07, 6.45) is 0.0837. The van der Waals surface area contributed by atoms with Crippen molar-refractivity contribution in [3.8, 4) is 0 Å². The van der Waals surface area contributed by atoms with Gasteiger partial charge in [0.2, 0.25) is 0 Å². The standard InChI is InChI=1S/C11H13BrO3/c12-9-3-1-8(2-4-9)6-14-7-11-10(5-13)15-11/h1-4,10-11,13H,5-7H2/t10-,11+/m1/s1. The summed E-state index contributed by atoms with van der Waals surface area (Å²) in [4.78, 5) is 0. The predicted octanol–water partition coefficient (Wildman–Crippen LogP) is 1.73. The number of aliphatic hydroxyl groups excluding tert-OH is 1. The van der Waals surface area contributed by atoms with Gasteiger partial charge in [-0.3, -0.25) is 0 Å². The number of rotatable bonds is 5.